The average Bonchev–Trinajstić information content (AvgIpc) is 2.84. The Bertz CT molecular complexity index is 1500. The number of hydrogen-bond acceptors (Lipinski definition) is 8. The maximum absolute atomic E-state index is 15.6. The van der Waals surface area contributed by atoms with Gasteiger partial charge in [-0.1, -0.05) is 23.7 Å². The topological polar surface area (TPSA) is 118 Å². The molecule has 176 valence electrons. The van der Waals surface area contributed by atoms with Crippen LogP contribution in [0.25, 0.3) is 22.2 Å². The molecule has 12 heteroatoms. The van der Waals surface area contributed by atoms with Crippen LogP contribution in [-0.4, -0.2) is 44.6 Å². The van der Waals surface area contributed by atoms with Gasteiger partial charge in [0.05, 0.1) is 17.8 Å². The van der Waals surface area contributed by atoms with E-state index in [1.165, 1.54) is 43.5 Å². The molecule has 34 heavy (non-hydrogen) atoms. The van der Waals surface area contributed by atoms with Crippen LogP contribution < -0.4 is 20.1 Å². The Balaban J connectivity index is 1.79. The van der Waals surface area contributed by atoms with Gasteiger partial charge in [0.25, 0.3) is 10.0 Å². The lowest BCUT2D eigenvalue weighted by molar-refractivity contribution is 0.413. The van der Waals surface area contributed by atoms with E-state index in [1.54, 1.807) is 26.4 Å². The van der Waals surface area contributed by atoms with Crippen LogP contribution >= 0.6 is 11.6 Å². The number of aromatic nitrogens is 3. The minimum atomic E-state index is -4.22. The zero-order valence-electron chi connectivity index (χ0n) is 18.3. The van der Waals surface area contributed by atoms with Crippen LogP contribution in [0.5, 0.6) is 5.75 Å². The molecule has 0 saturated carbocycles. The molecule has 0 aliphatic carbocycles. The highest BCUT2D eigenvalue weighted by Crippen LogP contribution is 2.35. The number of fused-ring (bicyclic) bond motifs is 1. The van der Waals surface area contributed by atoms with Crippen molar-refractivity contribution in [3.63, 3.8) is 0 Å². The molecule has 4 aromatic rings. The minimum absolute atomic E-state index is 0.0259. The average molecular weight is 503 g/mol. The summed E-state index contributed by atoms with van der Waals surface area (Å²) < 4.78 is 48.9. The second-order valence-corrected chi connectivity index (χ2v) is 9.12. The van der Waals surface area contributed by atoms with Crippen LogP contribution in [-0.2, 0) is 10.0 Å². The molecular weight excluding hydrogens is 483 g/mol. The van der Waals surface area contributed by atoms with E-state index in [0.717, 1.165) is 0 Å². The highest BCUT2D eigenvalue weighted by Gasteiger charge is 2.23. The fourth-order valence-electron chi connectivity index (χ4n) is 3.31. The lowest BCUT2D eigenvalue weighted by Crippen LogP contribution is -2.15. The smallest absolute Gasteiger partial charge is 0.263 e. The van der Waals surface area contributed by atoms with Gasteiger partial charge < -0.3 is 15.4 Å². The van der Waals surface area contributed by atoms with E-state index in [4.69, 9.17) is 16.3 Å². The molecule has 0 atom stereocenters. The number of anilines is 3. The summed E-state index contributed by atoms with van der Waals surface area (Å²) in [6, 6.07) is 10.2. The molecule has 0 spiro atoms. The second-order valence-electron chi connectivity index (χ2n) is 7.06. The zero-order chi connectivity index (χ0) is 24.5. The van der Waals surface area contributed by atoms with Crippen molar-refractivity contribution in [1.82, 2.24) is 15.0 Å². The summed E-state index contributed by atoms with van der Waals surface area (Å²) in [5.41, 5.74) is 0.708. The van der Waals surface area contributed by atoms with Gasteiger partial charge in [0.15, 0.2) is 11.5 Å². The van der Waals surface area contributed by atoms with Crippen LogP contribution in [0.15, 0.2) is 53.6 Å². The van der Waals surface area contributed by atoms with Crippen molar-refractivity contribution in [2.75, 3.05) is 36.6 Å². The van der Waals surface area contributed by atoms with Gasteiger partial charge in [0.1, 0.15) is 16.5 Å². The number of nitrogens with one attached hydrogen (secondary N) is 3. The summed E-state index contributed by atoms with van der Waals surface area (Å²) in [6.45, 7) is 0. The van der Waals surface area contributed by atoms with Gasteiger partial charge in [-0.15, -0.1) is 0 Å². The Morgan fingerprint density at radius 2 is 1.82 bits per heavy atom. The number of halogens is 2. The maximum atomic E-state index is 15.6. The van der Waals surface area contributed by atoms with Crippen LogP contribution in [0.3, 0.4) is 0 Å². The summed E-state index contributed by atoms with van der Waals surface area (Å²) in [4.78, 5) is 12.7. The van der Waals surface area contributed by atoms with Crippen LogP contribution in [0.1, 0.15) is 0 Å². The third kappa shape index (κ3) is 4.39. The number of pyridine rings is 1. The first-order valence-electron chi connectivity index (χ1n) is 9.96. The molecule has 0 aliphatic rings. The molecule has 4 rings (SSSR count). The number of ether oxygens (including phenoxy) is 1. The van der Waals surface area contributed by atoms with Crippen molar-refractivity contribution < 1.29 is 17.5 Å². The largest absolute Gasteiger partial charge is 0.497 e. The number of rotatable bonds is 7. The number of nitrogens with zero attached hydrogens (tertiary/aromatic N) is 3. The quantitative estimate of drug-likeness (QED) is 0.341. The molecule has 0 unspecified atom stereocenters. The molecule has 0 bridgehead atoms. The Kier molecular flexibility index (Phi) is 6.40. The number of sulfonamides is 1. The molecule has 2 heterocycles. The molecular formula is C22H20ClFN6O3S. The Hall–Kier alpha value is -3.70. The molecule has 0 fully saturated rings. The Morgan fingerprint density at radius 1 is 1.03 bits per heavy atom. The standard InChI is InChI=1S/C22H20ClFN6O3S/c1-25-21-15(9-12-11-27-22(26-2)29-20(12)28-21)14-5-4-6-17(19(14)24)30-34(31,32)18-10-13(33-3)7-8-16(18)23/h4-11,30H,1-3H3,(H2,25,26,27,28,29). The fourth-order valence-corrected chi connectivity index (χ4v) is 4.89. The first-order chi connectivity index (χ1) is 16.3. The van der Waals surface area contributed by atoms with E-state index < -0.39 is 15.8 Å². The molecule has 0 amide bonds. The van der Waals surface area contributed by atoms with Gasteiger partial charge >= 0.3 is 0 Å². The van der Waals surface area contributed by atoms with Crippen LogP contribution in [0.2, 0.25) is 5.02 Å². The van der Waals surface area contributed by atoms with Crippen LogP contribution in [0, 0.1) is 5.82 Å². The number of methoxy groups -OCH3 is 1. The second kappa shape index (κ2) is 9.27. The van der Waals surface area contributed by atoms with Crippen molar-refractivity contribution in [1.29, 1.82) is 0 Å². The lowest BCUT2D eigenvalue weighted by Gasteiger charge is -2.15. The van der Waals surface area contributed by atoms with Gasteiger partial charge in [-0.05, 0) is 24.3 Å². The van der Waals surface area contributed by atoms with Gasteiger partial charge in [0.2, 0.25) is 5.95 Å². The van der Waals surface area contributed by atoms with Gasteiger partial charge in [-0.2, -0.15) is 4.98 Å². The SMILES string of the molecule is CNc1ncc2cc(-c3cccc(NS(=O)(=O)c4cc(OC)ccc4Cl)c3F)c(NC)nc2n1. The van der Waals surface area contributed by atoms with Crippen molar-refractivity contribution in [3.8, 4) is 16.9 Å². The molecule has 2 aromatic heterocycles. The van der Waals surface area contributed by atoms with Gasteiger partial charge in [-0.3, -0.25) is 4.72 Å². The molecule has 0 aliphatic heterocycles. The monoisotopic (exact) mass is 502 g/mol. The first kappa shape index (κ1) is 23.5. The Labute approximate surface area is 200 Å². The van der Waals surface area contributed by atoms with E-state index in [9.17, 15) is 8.42 Å². The molecule has 3 N–H and O–H groups in total. The predicted octanol–water partition coefficient (Wildman–Crippen LogP) is 4.38. The maximum Gasteiger partial charge on any atom is 0.263 e. The zero-order valence-corrected chi connectivity index (χ0v) is 19.9. The summed E-state index contributed by atoms with van der Waals surface area (Å²) >= 11 is 6.09. The third-order valence-corrected chi connectivity index (χ3v) is 6.84. The summed E-state index contributed by atoms with van der Waals surface area (Å²) in [5.74, 6) is 0.274. The lowest BCUT2D eigenvalue weighted by atomic mass is 10.0. The minimum Gasteiger partial charge on any atom is -0.497 e. The normalized spacial score (nSPS) is 11.3. The van der Waals surface area contributed by atoms with E-state index >= 15 is 4.39 Å². The van der Waals surface area contributed by atoms with E-state index in [1.807, 2.05) is 0 Å². The summed E-state index contributed by atoms with van der Waals surface area (Å²) in [6.07, 6.45) is 1.57. The number of hydrogen-bond donors (Lipinski definition) is 3. The van der Waals surface area contributed by atoms with Crippen molar-refractivity contribution in [3.05, 3.63) is 59.5 Å². The van der Waals surface area contributed by atoms with E-state index in [2.05, 4.69) is 30.3 Å². The highest BCUT2D eigenvalue weighted by atomic mass is 35.5. The molecule has 9 nitrogen and oxygen atoms in total. The van der Waals surface area contributed by atoms with E-state index in [0.29, 0.717) is 34.1 Å². The summed E-state index contributed by atoms with van der Waals surface area (Å²) in [5, 5.41) is 6.34. The first-order valence-corrected chi connectivity index (χ1v) is 11.8. The molecule has 2 aromatic carbocycles. The van der Waals surface area contributed by atoms with Crippen LogP contribution in [0.4, 0.5) is 21.8 Å². The summed E-state index contributed by atoms with van der Waals surface area (Å²) in [7, 11) is 0.520. The van der Waals surface area contributed by atoms with E-state index in [-0.39, 0.29) is 21.2 Å². The van der Waals surface area contributed by atoms with Gasteiger partial charge in [-0.25, -0.2) is 22.8 Å². The predicted molar refractivity (Wildman–Crippen MR) is 131 cm³/mol. The Morgan fingerprint density at radius 3 is 2.53 bits per heavy atom. The third-order valence-electron chi connectivity index (χ3n) is 4.99. The highest BCUT2D eigenvalue weighted by molar-refractivity contribution is 7.92. The van der Waals surface area contributed by atoms with Gasteiger partial charge in [0, 0.05) is 42.9 Å². The molecule has 0 saturated heterocycles. The van der Waals surface area contributed by atoms with Crippen molar-refractivity contribution in [2.45, 2.75) is 4.90 Å². The van der Waals surface area contributed by atoms with Crippen molar-refractivity contribution in [2.24, 2.45) is 0 Å². The molecule has 0 radical (unpaired) electrons. The fraction of sp³-hybridized carbons (Fsp3) is 0.136. The number of benzene rings is 2. The van der Waals surface area contributed by atoms with Crippen molar-refractivity contribution >= 4 is 50.1 Å².